The normalized spacial score (nSPS) is 12.9. The van der Waals surface area contributed by atoms with Crippen molar-refractivity contribution in [3.05, 3.63) is 38.3 Å². The van der Waals surface area contributed by atoms with Gasteiger partial charge in [0.2, 0.25) is 0 Å². The Labute approximate surface area is 114 Å². The highest BCUT2D eigenvalue weighted by molar-refractivity contribution is 9.11. The van der Waals surface area contributed by atoms with E-state index in [1.165, 1.54) is 20.6 Å². The van der Waals surface area contributed by atoms with Crippen LogP contribution in [-0.4, -0.2) is 9.78 Å². The van der Waals surface area contributed by atoms with E-state index in [0.717, 1.165) is 6.54 Å². The van der Waals surface area contributed by atoms with Crippen LogP contribution in [0.1, 0.15) is 29.8 Å². The third-order valence-electron chi connectivity index (χ3n) is 2.97. The highest BCUT2D eigenvalue weighted by Crippen LogP contribution is 2.22. The summed E-state index contributed by atoms with van der Waals surface area (Å²) in [4.78, 5) is 0. The van der Waals surface area contributed by atoms with E-state index in [0.29, 0.717) is 6.04 Å². The van der Waals surface area contributed by atoms with E-state index in [2.05, 4.69) is 51.6 Å². The lowest BCUT2D eigenvalue weighted by Gasteiger charge is -2.12. The molecule has 2 heterocycles. The molecule has 0 aliphatic heterocycles. The van der Waals surface area contributed by atoms with E-state index in [1.807, 2.05) is 17.9 Å². The molecule has 0 fully saturated rings. The summed E-state index contributed by atoms with van der Waals surface area (Å²) in [5, 5.41) is 9.95. The number of hydrogen-bond donors (Lipinski definition) is 1. The van der Waals surface area contributed by atoms with Gasteiger partial charge in [-0.3, -0.25) is 4.68 Å². The molecule has 0 amide bonds. The lowest BCUT2D eigenvalue weighted by atomic mass is 10.1. The van der Waals surface area contributed by atoms with E-state index in [-0.39, 0.29) is 0 Å². The first kappa shape index (κ1) is 12.8. The first-order valence-electron chi connectivity index (χ1n) is 5.52. The number of hydrogen-bond acceptors (Lipinski definition) is 3. The number of aromatic nitrogens is 2. The van der Waals surface area contributed by atoms with Crippen LogP contribution in [0.5, 0.6) is 0 Å². The van der Waals surface area contributed by atoms with Crippen LogP contribution in [-0.2, 0) is 13.6 Å². The van der Waals surface area contributed by atoms with E-state index in [1.54, 1.807) is 11.3 Å². The van der Waals surface area contributed by atoms with Gasteiger partial charge in [-0.1, -0.05) is 0 Å². The number of nitrogens with one attached hydrogen (secondary N) is 1. The van der Waals surface area contributed by atoms with Crippen molar-refractivity contribution >= 4 is 27.3 Å². The molecule has 17 heavy (non-hydrogen) atoms. The van der Waals surface area contributed by atoms with Crippen molar-refractivity contribution in [2.45, 2.75) is 26.4 Å². The Bertz CT molecular complexity index is 504. The van der Waals surface area contributed by atoms with Crippen molar-refractivity contribution in [2.75, 3.05) is 0 Å². The third kappa shape index (κ3) is 2.97. The molecule has 0 bridgehead atoms. The van der Waals surface area contributed by atoms with Gasteiger partial charge in [-0.15, -0.1) is 11.3 Å². The zero-order chi connectivity index (χ0) is 12.4. The predicted octanol–water partition coefficient (Wildman–Crippen LogP) is 3.40. The lowest BCUT2D eigenvalue weighted by molar-refractivity contribution is 0.571. The fraction of sp³-hybridized carbons (Fsp3) is 0.417. The molecule has 2 rings (SSSR count). The summed E-state index contributed by atoms with van der Waals surface area (Å²) >= 11 is 5.20. The largest absolute Gasteiger partial charge is 0.306 e. The zero-order valence-electron chi connectivity index (χ0n) is 10.2. The van der Waals surface area contributed by atoms with Gasteiger partial charge in [0, 0.05) is 30.9 Å². The van der Waals surface area contributed by atoms with Crippen molar-refractivity contribution in [3.63, 3.8) is 0 Å². The van der Waals surface area contributed by atoms with Crippen LogP contribution in [0.2, 0.25) is 0 Å². The molecule has 2 aromatic rings. The van der Waals surface area contributed by atoms with Crippen molar-refractivity contribution in [2.24, 2.45) is 7.05 Å². The van der Waals surface area contributed by atoms with Gasteiger partial charge in [0.25, 0.3) is 0 Å². The minimum Gasteiger partial charge on any atom is -0.306 e. The average molecular weight is 314 g/mol. The quantitative estimate of drug-likeness (QED) is 0.937. The van der Waals surface area contributed by atoms with Crippen molar-refractivity contribution in [1.29, 1.82) is 0 Å². The highest BCUT2D eigenvalue weighted by atomic mass is 79.9. The Kier molecular flexibility index (Phi) is 4.01. The van der Waals surface area contributed by atoms with E-state index in [4.69, 9.17) is 0 Å². The summed E-state index contributed by atoms with van der Waals surface area (Å²) in [6, 6.07) is 2.47. The third-order valence-corrected chi connectivity index (χ3v) is 4.53. The molecule has 0 spiro atoms. The second-order valence-corrected chi connectivity index (χ2v) is 6.46. The van der Waals surface area contributed by atoms with Crippen LogP contribution in [0, 0.1) is 6.92 Å². The monoisotopic (exact) mass is 313 g/mol. The van der Waals surface area contributed by atoms with Crippen LogP contribution >= 0.6 is 27.3 Å². The number of rotatable bonds is 4. The second-order valence-electron chi connectivity index (χ2n) is 4.17. The molecule has 1 atom stereocenters. The predicted molar refractivity (Wildman–Crippen MR) is 75.2 cm³/mol. The Hall–Kier alpha value is -0.650. The molecule has 0 saturated carbocycles. The minimum absolute atomic E-state index is 0.322. The summed E-state index contributed by atoms with van der Waals surface area (Å²) in [6.45, 7) is 5.16. The molecule has 3 nitrogen and oxygen atoms in total. The highest BCUT2D eigenvalue weighted by Gasteiger charge is 2.11. The zero-order valence-corrected chi connectivity index (χ0v) is 12.6. The van der Waals surface area contributed by atoms with Crippen LogP contribution in [0.4, 0.5) is 0 Å². The van der Waals surface area contributed by atoms with Gasteiger partial charge in [-0.2, -0.15) is 5.10 Å². The van der Waals surface area contributed by atoms with Crippen LogP contribution in [0.15, 0.2) is 21.4 Å². The Morgan fingerprint density at radius 2 is 2.35 bits per heavy atom. The minimum atomic E-state index is 0.322. The molecule has 0 aromatic carbocycles. The smallest absolute Gasteiger partial charge is 0.0701 e. The standard InChI is InChI=1S/C12H16BrN3S/c1-8(11-6-15-16(3)9(11)2)14-5-10-4-12(13)17-7-10/h4,6-8,14H,5H2,1-3H3. The lowest BCUT2D eigenvalue weighted by Crippen LogP contribution is -2.18. The van der Waals surface area contributed by atoms with Crippen molar-refractivity contribution in [1.82, 2.24) is 15.1 Å². The fourth-order valence-electron chi connectivity index (χ4n) is 1.76. The van der Waals surface area contributed by atoms with Gasteiger partial charge in [-0.25, -0.2) is 0 Å². The summed E-state index contributed by atoms with van der Waals surface area (Å²) in [5.74, 6) is 0. The number of halogens is 1. The number of thiophene rings is 1. The molecular formula is C12H16BrN3S. The van der Waals surface area contributed by atoms with E-state index < -0.39 is 0 Å². The van der Waals surface area contributed by atoms with Gasteiger partial charge in [0.1, 0.15) is 0 Å². The Balaban J connectivity index is 1.98. The molecule has 5 heteroatoms. The first-order chi connectivity index (χ1) is 8.08. The molecule has 0 aliphatic carbocycles. The van der Waals surface area contributed by atoms with Crippen LogP contribution in [0.25, 0.3) is 0 Å². The topological polar surface area (TPSA) is 29.9 Å². The summed E-state index contributed by atoms with van der Waals surface area (Å²) in [5.41, 5.74) is 3.80. The molecule has 0 saturated heterocycles. The molecule has 2 aromatic heterocycles. The van der Waals surface area contributed by atoms with E-state index in [9.17, 15) is 0 Å². The van der Waals surface area contributed by atoms with Gasteiger partial charge in [0.15, 0.2) is 0 Å². The van der Waals surface area contributed by atoms with Gasteiger partial charge in [-0.05, 0) is 46.8 Å². The Morgan fingerprint density at radius 3 is 2.88 bits per heavy atom. The van der Waals surface area contributed by atoms with Gasteiger partial charge in [0.05, 0.1) is 9.98 Å². The average Bonchev–Trinajstić information content (AvgIpc) is 2.84. The summed E-state index contributed by atoms with van der Waals surface area (Å²) in [7, 11) is 1.97. The molecular weight excluding hydrogens is 298 g/mol. The van der Waals surface area contributed by atoms with Crippen LogP contribution in [0.3, 0.4) is 0 Å². The number of nitrogens with zero attached hydrogens (tertiary/aromatic N) is 2. The van der Waals surface area contributed by atoms with Gasteiger partial charge < -0.3 is 5.32 Å². The molecule has 1 unspecified atom stereocenters. The summed E-state index contributed by atoms with van der Waals surface area (Å²) in [6.07, 6.45) is 1.94. The van der Waals surface area contributed by atoms with Crippen molar-refractivity contribution < 1.29 is 0 Å². The maximum Gasteiger partial charge on any atom is 0.0701 e. The molecule has 1 N–H and O–H groups in total. The van der Waals surface area contributed by atoms with Gasteiger partial charge >= 0.3 is 0 Å². The van der Waals surface area contributed by atoms with Crippen LogP contribution < -0.4 is 5.32 Å². The Morgan fingerprint density at radius 1 is 1.59 bits per heavy atom. The summed E-state index contributed by atoms with van der Waals surface area (Å²) < 4.78 is 3.09. The maximum atomic E-state index is 4.27. The molecule has 0 radical (unpaired) electrons. The fourth-order valence-corrected chi connectivity index (χ4v) is 2.97. The van der Waals surface area contributed by atoms with E-state index >= 15 is 0 Å². The second kappa shape index (κ2) is 5.33. The molecule has 0 aliphatic rings. The van der Waals surface area contributed by atoms with Crippen molar-refractivity contribution in [3.8, 4) is 0 Å². The number of aryl methyl sites for hydroxylation is 1. The maximum absolute atomic E-state index is 4.27. The molecule has 92 valence electrons. The first-order valence-corrected chi connectivity index (χ1v) is 7.20. The SMILES string of the molecule is Cc1c(C(C)NCc2csc(Br)c2)cnn1C.